The van der Waals surface area contributed by atoms with E-state index in [4.69, 9.17) is 10.5 Å². The predicted octanol–water partition coefficient (Wildman–Crippen LogP) is 2.39. The summed E-state index contributed by atoms with van der Waals surface area (Å²) in [6.07, 6.45) is 2.11. The van der Waals surface area contributed by atoms with Crippen LogP contribution in [0.3, 0.4) is 0 Å². The second kappa shape index (κ2) is 16.8. The molecule has 1 unspecified atom stereocenters. The molecular weight excluding hydrogens is 745 g/mol. The number of urea groups is 1. The van der Waals surface area contributed by atoms with Gasteiger partial charge in [-0.2, -0.15) is 8.42 Å². The maximum absolute atomic E-state index is 13.4. The van der Waals surface area contributed by atoms with Crippen LogP contribution in [0.5, 0.6) is 5.75 Å². The highest BCUT2D eigenvalue weighted by atomic mass is 32.2. The number of carbonyl (C=O) groups is 4. The van der Waals surface area contributed by atoms with E-state index in [1.54, 1.807) is 19.1 Å². The largest absolute Gasteiger partial charge is 0.497 e. The van der Waals surface area contributed by atoms with E-state index in [-0.39, 0.29) is 34.3 Å². The van der Waals surface area contributed by atoms with Gasteiger partial charge in [0.25, 0.3) is 10.1 Å². The number of hydrogen-bond donors (Lipinski definition) is 6. The van der Waals surface area contributed by atoms with E-state index in [9.17, 15) is 45.7 Å². The van der Waals surface area contributed by atoms with Crippen LogP contribution in [0.25, 0.3) is 0 Å². The van der Waals surface area contributed by atoms with Crippen LogP contribution in [0.15, 0.2) is 99.0 Å². The Hall–Kier alpha value is -5.89. The Labute approximate surface area is 311 Å². The molecule has 0 saturated heterocycles. The quantitative estimate of drug-likeness (QED) is 0.102. The number of aliphatic hydroxyl groups is 1. The molecule has 4 rings (SSSR count). The van der Waals surface area contributed by atoms with Crippen molar-refractivity contribution in [1.29, 1.82) is 0 Å². The third-order valence-electron chi connectivity index (χ3n) is 8.15. The van der Waals surface area contributed by atoms with E-state index < -0.39 is 59.3 Å². The lowest BCUT2D eigenvalue weighted by atomic mass is 10.0. The van der Waals surface area contributed by atoms with Gasteiger partial charge in [-0.1, -0.05) is 0 Å². The first kappa shape index (κ1) is 40.9. The van der Waals surface area contributed by atoms with E-state index >= 15 is 0 Å². The number of nitrogens with zero attached hydrogens (tertiary/aromatic N) is 2. The van der Waals surface area contributed by atoms with Gasteiger partial charge >= 0.3 is 6.03 Å². The summed E-state index contributed by atoms with van der Waals surface area (Å²) < 4.78 is 64.4. The number of methoxy groups -OCH3 is 1. The number of nitrogens with two attached hydrogens (primary N) is 1. The van der Waals surface area contributed by atoms with Crippen LogP contribution in [0.2, 0.25) is 0 Å². The maximum atomic E-state index is 13.4. The molecule has 7 N–H and O–H groups in total. The average Bonchev–Trinajstić information content (AvgIpc) is 3.12. The molecule has 0 aromatic heterocycles. The van der Waals surface area contributed by atoms with Crippen LogP contribution in [0.1, 0.15) is 29.8 Å². The lowest BCUT2D eigenvalue weighted by Crippen LogP contribution is -2.41. The van der Waals surface area contributed by atoms with Gasteiger partial charge in [-0.25, -0.2) is 18.2 Å². The van der Waals surface area contributed by atoms with Crippen LogP contribution < -0.4 is 31.3 Å². The summed E-state index contributed by atoms with van der Waals surface area (Å²) in [7, 11) is -7.61. The Morgan fingerprint density at radius 3 is 2.20 bits per heavy atom. The number of benzene rings is 3. The Bertz CT molecular complexity index is 2300. The number of ether oxygens (including phenoxy) is 1. The van der Waals surface area contributed by atoms with Gasteiger partial charge < -0.3 is 36.4 Å². The number of likely N-dealkylation sites (N-methyl/N-ethyl adjacent to an activating group) is 1. The number of rotatable bonds is 14. The Balaban J connectivity index is 1.68. The van der Waals surface area contributed by atoms with Crippen molar-refractivity contribution < 1.29 is 50.4 Å². The average molecular weight is 783 g/mol. The molecule has 4 amide bonds. The fourth-order valence-electron chi connectivity index (χ4n) is 5.20. The normalized spacial score (nSPS) is 14.4. The van der Waals surface area contributed by atoms with Crippen LogP contribution >= 0.6 is 0 Å². The number of aliphatic hydroxyl groups excluding tert-OH is 1. The van der Waals surface area contributed by atoms with E-state index in [0.717, 1.165) is 36.0 Å². The third kappa shape index (κ3) is 9.55. The van der Waals surface area contributed by atoms with Crippen LogP contribution in [0.4, 0.5) is 21.9 Å². The highest BCUT2D eigenvalue weighted by Crippen LogP contribution is 2.27. The number of anilines is 2. The van der Waals surface area contributed by atoms with Crippen molar-refractivity contribution >= 4 is 66.4 Å². The molecule has 0 aliphatic heterocycles. The Kier molecular flexibility index (Phi) is 12.8. The Morgan fingerprint density at radius 2 is 1.63 bits per heavy atom. The smallest absolute Gasteiger partial charge is 0.323 e. The number of sulfone groups is 1. The number of hydrogen-bond acceptors (Lipinski definition) is 12. The predicted molar refractivity (Wildman–Crippen MR) is 199 cm³/mol. The number of nitrogens with one attached hydrogen (secondary N) is 3. The fraction of sp³-hybridized carbons (Fsp3) is 0.229. The number of aliphatic imine (C=N–C) groups is 1. The first-order chi connectivity index (χ1) is 25.4. The molecule has 0 heterocycles. The van der Waals surface area contributed by atoms with E-state index in [1.807, 2.05) is 17.9 Å². The topological polar surface area (TPSA) is 264 Å². The fourth-order valence-corrected chi connectivity index (χ4v) is 7.14. The lowest BCUT2D eigenvalue weighted by molar-refractivity contribution is -0.119. The van der Waals surface area contributed by atoms with E-state index in [0.29, 0.717) is 30.1 Å². The minimum atomic E-state index is -4.83. The maximum Gasteiger partial charge on any atom is 0.323 e. The molecule has 3 aromatic rings. The summed E-state index contributed by atoms with van der Waals surface area (Å²) >= 11 is 0. The zero-order chi connectivity index (χ0) is 40.0. The minimum absolute atomic E-state index is 0.0422. The van der Waals surface area contributed by atoms with Gasteiger partial charge in [0, 0.05) is 30.5 Å². The Morgan fingerprint density at radius 1 is 0.944 bits per heavy atom. The molecule has 1 aliphatic rings. The summed E-state index contributed by atoms with van der Waals surface area (Å²) in [6, 6.07) is 12.5. The summed E-state index contributed by atoms with van der Waals surface area (Å²) in [4.78, 5) is 57.2. The molecule has 0 fully saturated rings. The molecule has 19 heteroatoms. The highest BCUT2D eigenvalue weighted by Gasteiger charge is 2.32. The molecule has 0 saturated carbocycles. The minimum Gasteiger partial charge on any atom is -0.497 e. The van der Waals surface area contributed by atoms with Gasteiger partial charge in [0.2, 0.25) is 17.6 Å². The van der Waals surface area contributed by atoms with Gasteiger partial charge in [-0.15, -0.1) is 0 Å². The number of primary amides is 1. The van der Waals surface area contributed by atoms with E-state index in [2.05, 4.69) is 20.9 Å². The van der Waals surface area contributed by atoms with Crippen LogP contribution in [0, 0.1) is 6.92 Å². The standard InChI is InChI=1S/C35H38N6O11S2/c1-5-41(14-15-42)23-7-12-27(20(2)16-23)38-28-18-30(40-35(46)37-22-6-13-32(54(49,50)51)26(17-22)33(36)44)31(43)19-29(28)39-34(45)21(3)53(47,48)25-10-8-24(52-4)9-11-25/h6-13,16-19,21,42H,5,14-15H2,1-4H3,(H2,36,44)(H,39,45)(H2,37,40,46)(H,49,50,51). The zero-order valence-corrected chi connectivity index (χ0v) is 31.1. The number of amides is 4. The van der Waals surface area contributed by atoms with Crippen molar-refractivity contribution in [1.82, 2.24) is 10.6 Å². The monoisotopic (exact) mass is 782 g/mol. The molecule has 1 atom stereocenters. The van der Waals surface area contributed by atoms with Gasteiger partial charge in [-0.3, -0.25) is 18.9 Å². The second-order valence-electron chi connectivity index (χ2n) is 11.7. The summed E-state index contributed by atoms with van der Waals surface area (Å²) in [5.41, 5.74) is 5.82. The summed E-state index contributed by atoms with van der Waals surface area (Å²) in [5.74, 6) is -2.59. The van der Waals surface area contributed by atoms with Gasteiger partial charge in [0.05, 0.1) is 47.0 Å². The molecule has 286 valence electrons. The van der Waals surface area contributed by atoms with Crippen LogP contribution in [-0.4, -0.2) is 87.9 Å². The molecule has 0 spiro atoms. The van der Waals surface area contributed by atoms with Crippen molar-refractivity contribution in [2.75, 3.05) is 37.0 Å². The molecule has 0 radical (unpaired) electrons. The van der Waals surface area contributed by atoms with Gasteiger partial charge in [-0.05, 0) is 93.1 Å². The number of ketones is 1. The number of carbonyl (C=O) groups excluding carboxylic acids is 4. The molecule has 3 aromatic carbocycles. The second-order valence-corrected chi connectivity index (χ2v) is 15.4. The molecule has 0 bridgehead atoms. The van der Waals surface area contributed by atoms with Crippen molar-refractivity contribution in [3.8, 4) is 5.75 Å². The van der Waals surface area contributed by atoms with Crippen molar-refractivity contribution in [2.24, 2.45) is 10.7 Å². The van der Waals surface area contributed by atoms with Crippen molar-refractivity contribution in [3.63, 3.8) is 0 Å². The first-order valence-corrected chi connectivity index (χ1v) is 19.1. The molecule has 1 aliphatic carbocycles. The zero-order valence-electron chi connectivity index (χ0n) is 29.5. The number of aryl methyl sites for hydroxylation is 1. The molecule has 17 nitrogen and oxygen atoms in total. The van der Waals surface area contributed by atoms with Crippen LogP contribution in [-0.2, 0) is 29.5 Å². The first-order valence-electron chi connectivity index (χ1n) is 16.1. The van der Waals surface area contributed by atoms with E-state index in [1.165, 1.54) is 38.3 Å². The lowest BCUT2D eigenvalue weighted by Gasteiger charge is -2.23. The van der Waals surface area contributed by atoms with Gasteiger partial charge in [0.15, 0.2) is 9.84 Å². The highest BCUT2D eigenvalue weighted by molar-refractivity contribution is 7.92. The molecular formula is C35H38N6O11S2. The molecule has 54 heavy (non-hydrogen) atoms. The van der Waals surface area contributed by atoms with Crippen molar-refractivity contribution in [2.45, 2.75) is 35.8 Å². The summed E-state index contributed by atoms with van der Waals surface area (Å²) in [5, 5.41) is 15.0. The third-order valence-corrected chi connectivity index (χ3v) is 11.1. The van der Waals surface area contributed by atoms with Gasteiger partial charge in [0.1, 0.15) is 15.9 Å². The summed E-state index contributed by atoms with van der Waals surface area (Å²) in [6.45, 7) is 5.80. The van der Waals surface area contributed by atoms with Crippen molar-refractivity contribution in [3.05, 3.63) is 95.3 Å². The number of allylic oxidation sites excluding steroid dienone is 2. The SMILES string of the molecule is CCN(CCO)c1ccc(N=C2C=C(NC(=O)Nc3ccc(S(=O)(=O)O)c(C(N)=O)c3)C(=O)C=C2NC(=O)C(C)S(=O)(=O)c2ccc(OC)cc2)c(C)c1.